The molecule has 3 aromatic rings. The summed E-state index contributed by atoms with van der Waals surface area (Å²) in [6.45, 7) is 0.704. The molecule has 0 unspecified atom stereocenters. The molecule has 1 saturated heterocycles. The molecule has 4 rings (SSSR count). The predicted molar refractivity (Wildman–Crippen MR) is 92.2 cm³/mol. The molecular weight excluding hydrogens is 359 g/mol. The third kappa shape index (κ3) is 3.60. The first-order valence-electron chi connectivity index (χ1n) is 8.43. The van der Waals surface area contributed by atoms with Crippen LogP contribution >= 0.6 is 0 Å². The van der Waals surface area contributed by atoms with Gasteiger partial charge < -0.3 is 14.6 Å². The van der Waals surface area contributed by atoms with Crippen LogP contribution in [0.1, 0.15) is 11.3 Å². The first kappa shape index (κ1) is 17.4. The summed E-state index contributed by atoms with van der Waals surface area (Å²) in [5.41, 5.74) is 0.902. The molecule has 3 heterocycles. The van der Waals surface area contributed by atoms with Crippen LogP contribution in [0.3, 0.4) is 0 Å². The van der Waals surface area contributed by atoms with Crippen LogP contribution in [-0.4, -0.2) is 40.0 Å². The smallest absolute Gasteiger partial charge is 0.433 e. The van der Waals surface area contributed by atoms with Crippen LogP contribution in [0.5, 0.6) is 5.75 Å². The Morgan fingerprint density at radius 3 is 2.81 bits per heavy atom. The molecule has 0 radical (unpaired) electrons. The Hall–Kier alpha value is -3.03. The monoisotopic (exact) mass is 375 g/mol. The molecule has 0 atom stereocenters. The minimum Gasteiger partial charge on any atom is -0.487 e. The van der Waals surface area contributed by atoms with E-state index in [9.17, 15) is 18.0 Å². The Labute approximate surface area is 152 Å². The number of fused-ring (bicyclic) bond motifs is 1. The fourth-order valence-corrected chi connectivity index (χ4v) is 3.10. The van der Waals surface area contributed by atoms with E-state index in [1.165, 1.54) is 6.07 Å². The largest absolute Gasteiger partial charge is 0.487 e. The van der Waals surface area contributed by atoms with Gasteiger partial charge in [-0.2, -0.15) is 13.2 Å². The van der Waals surface area contributed by atoms with E-state index in [-0.39, 0.29) is 24.2 Å². The minimum absolute atomic E-state index is 0.0367. The average molecular weight is 375 g/mol. The Balaban J connectivity index is 1.34. The molecule has 1 aliphatic rings. The van der Waals surface area contributed by atoms with E-state index < -0.39 is 11.9 Å². The van der Waals surface area contributed by atoms with Gasteiger partial charge in [0.15, 0.2) is 0 Å². The van der Waals surface area contributed by atoms with Gasteiger partial charge in [0.05, 0.1) is 19.5 Å². The van der Waals surface area contributed by atoms with Crippen molar-refractivity contribution in [1.29, 1.82) is 0 Å². The summed E-state index contributed by atoms with van der Waals surface area (Å²) in [4.78, 5) is 20.5. The van der Waals surface area contributed by atoms with Crippen molar-refractivity contribution in [3.63, 3.8) is 0 Å². The number of hydrogen-bond acceptors (Lipinski definition) is 3. The standard InChI is InChI=1S/C19H16F3N3O2/c20-19(21,22)17-8-13(5-6-23-17)27-14-10-25(11-14)18(26)7-12-9-24-16-4-2-1-3-15(12)16/h1-6,8-9,14,24H,7,10-11H2. The summed E-state index contributed by atoms with van der Waals surface area (Å²) in [5.74, 6) is 0.0661. The van der Waals surface area contributed by atoms with Gasteiger partial charge in [0.2, 0.25) is 5.91 Å². The number of nitrogens with one attached hydrogen (secondary N) is 1. The number of aromatic nitrogens is 2. The molecule has 1 N–H and O–H groups in total. The number of rotatable bonds is 4. The lowest BCUT2D eigenvalue weighted by molar-refractivity contribution is -0.141. The van der Waals surface area contributed by atoms with Gasteiger partial charge in [-0.3, -0.25) is 9.78 Å². The van der Waals surface area contributed by atoms with Crippen LogP contribution in [0.4, 0.5) is 13.2 Å². The SMILES string of the molecule is O=C(Cc1c[nH]c2ccccc12)N1CC(Oc2ccnc(C(F)(F)F)c2)C1. The van der Waals surface area contributed by atoms with Gasteiger partial charge in [-0.25, -0.2) is 0 Å². The maximum Gasteiger partial charge on any atom is 0.433 e. The number of likely N-dealkylation sites (tertiary alicyclic amines) is 1. The van der Waals surface area contributed by atoms with Crippen LogP contribution in [-0.2, 0) is 17.4 Å². The highest BCUT2D eigenvalue weighted by Crippen LogP contribution is 2.30. The van der Waals surface area contributed by atoms with Gasteiger partial charge in [0.1, 0.15) is 17.5 Å². The molecule has 1 aromatic carbocycles. The zero-order valence-electron chi connectivity index (χ0n) is 14.2. The van der Waals surface area contributed by atoms with E-state index in [1.54, 1.807) is 4.90 Å². The van der Waals surface area contributed by atoms with Crippen LogP contribution < -0.4 is 4.74 Å². The third-order valence-corrected chi connectivity index (χ3v) is 4.54. The molecule has 27 heavy (non-hydrogen) atoms. The summed E-state index contributed by atoms with van der Waals surface area (Å²) in [7, 11) is 0. The molecule has 140 valence electrons. The van der Waals surface area contributed by atoms with Crippen molar-refractivity contribution >= 4 is 16.8 Å². The molecule has 0 saturated carbocycles. The fourth-order valence-electron chi connectivity index (χ4n) is 3.10. The van der Waals surface area contributed by atoms with Gasteiger partial charge >= 0.3 is 6.18 Å². The van der Waals surface area contributed by atoms with Crippen molar-refractivity contribution in [1.82, 2.24) is 14.9 Å². The topological polar surface area (TPSA) is 58.2 Å². The van der Waals surface area contributed by atoms with Crippen LogP contribution in [0.2, 0.25) is 0 Å². The lowest BCUT2D eigenvalue weighted by atomic mass is 10.1. The summed E-state index contributed by atoms with van der Waals surface area (Å²) >= 11 is 0. The lowest BCUT2D eigenvalue weighted by Gasteiger charge is -2.39. The normalized spacial score (nSPS) is 15.0. The fraction of sp³-hybridized carbons (Fsp3) is 0.263. The van der Waals surface area contributed by atoms with E-state index in [1.807, 2.05) is 30.5 Å². The van der Waals surface area contributed by atoms with E-state index >= 15 is 0 Å². The Kier molecular flexibility index (Phi) is 4.25. The predicted octanol–water partition coefficient (Wildman–Crippen LogP) is 3.41. The Bertz CT molecular complexity index is 977. The lowest BCUT2D eigenvalue weighted by Crippen LogP contribution is -2.56. The molecule has 8 heteroatoms. The molecule has 1 aliphatic heterocycles. The van der Waals surface area contributed by atoms with Crippen molar-refractivity contribution in [3.05, 3.63) is 60.0 Å². The highest BCUT2D eigenvalue weighted by atomic mass is 19.4. The van der Waals surface area contributed by atoms with Crippen molar-refractivity contribution in [3.8, 4) is 5.75 Å². The highest BCUT2D eigenvalue weighted by Gasteiger charge is 2.35. The maximum atomic E-state index is 12.7. The van der Waals surface area contributed by atoms with Gasteiger partial charge in [0.25, 0.3) is 0 Å². The van der Waals surface area contributed by atoms with Gasteiger partial charge in [0, 0.05) is 29.4 Å². The molecule has 1 fully saturated rings. The minimum atomic E-state index is -4.51. The van der Waals surface area contributed by atoms with Gasteiger partial charge in [-0.1, -0.05) is 18.2 Å². The Morgan fingerprint density at radius 2 is 2.04 bits per heavy atom. The number of benzene rings is 1. The summed E-state index contributed by atoms with van der Waals surface area (Å²) in [6, 6.07) is 9.99. The molecule has 0 spiro atoms. The van der Waals surface area contributed by atoms with E-state index in [0.717, 1.165) is 28.7 Å². The van der Waals surface area contributed by atoms with E-state index in [4.69, 9.17) is 4.74 Å². The summed E-state index contributed by atoms with van der Waals surface area (Å²) in [6.07, 6.45) is -1.67. The van der Waals surface area contributed by atoms with Gasteiger partial charge in [-0.05, 0) is 17.7 Å². The number of para-hydroxylation sites is 1. The van der Waals surface area contributed by atoms with Crippen molar-refractivity contribution < 1.29 is 22.7 Å². The maximum absolute atomic E-state index is 12.7. The molecule has 1 amide bonds. The Morgan fingerprint density at radius 1 is 1.26 bits per heavy atom. The number of aromatic amines is 1. The number of carbonyl (C=O) groups excluding carboxylic acids is 1. The van der Waals surface area contributed by atoms with Crippen molar-refractivity contribution in [2.75, 3.05) is 13.1 Å². The summed E-state index contributed by atoms with van der Waals surface area (Å²) < 4.78 is 43.6. The number of H-pyrrole nitrogens is 1. The zero-order valence-corrected chi connectivity index (χ0v) is 14.2. The zero-order chi connectivity index (χ0) is 19.0. The first-order chi connectivity index (χ1) is 12.9. The van der Waals surface area contributed by atoms with Gasteiger partial charge in [-0.15, -0.1) is 0 Å². The second kappa shape index (κ2) is 6.61. The number of pyridine rings is 1. The molecule has 0 aliphatic carbocycles. The third-order valence-electron chi connectivity index (χ3n) is 4.54. The number of alkyl halides is 3. The molecule has 5 nitrogen and oxygen atoms in total. The molecule has 0 bridgehead atoms. The van der Waals surface area contributed by atoms with E-state index in [2.05, 4.69) is 9.97 Å². The molecule has 2 aromatic heterocycles. The number of nitrogens with zero attached hydrogens (tertiary/aromatic N) is 2. The average Bonchev–Trinajstić information content (AvgIpc) is 3.00. The highest BCUT2D eigenvalue weighted by molar-refractivity contribution is 5.89. The second-order valence-corrected chi connectivity index (χ2v) is 6.45. The van der Waals surface area contributed by atoms with Crippen molar-refractivity contribution in [2.24, 2.45) is 0 Å². The number of amides is 1. The van der Waals surface area contributed by atoms with E-state index in [0.29, 0.717) is 13.1 Å². The van der Waals surface area contributed by atoms with Crippen molar-refractivity contribution in [2.45, 2.75) is 18.7 Å². The quantitative estimate of drug-likeness (QED) is 0.760. The number of carbonyl (C=O) groups is 1. The van der Waals surface area contributed by atoms with Crippen LogP contribution in [0.25, 0.3) is 10.9 Å². The second-order valence-electron chi connectivity index (χ2n) is 6.45. The number of ether oxygens (including phenoxy) is 1. The molecular formula is C19H16F3N3O2. The van der Waals surface area contributed by atoms with Crippen LogP contribution in [0.15, 0.2) is 48.8 Å². The number of halogens is 3. The number of hydrogen-bond donors (Lipinski definition) is 1. The summed E-state index contributed by atoms with van der Waals surface area (Å²) in [5, 5.41) is 1.01. The first-order valence-corrected chi connectivity index (χ1v) is 8.43. The van der Waals surface area contributed by atoms with Crippen LogP contribution in [0, 0.1) is 0 Å².